The second-order valence-corrected chi connectivity index (χ2v) is 7.03. The van der Waals surface area contributed by atoms with Gasteiger partial charge in [0.2, 0.25) is 0 Å². The number of guanidine groups is 1. The first-order valence-electron chi connectivity index (χ1n) is 7.96. The molecule has 1 aromatic rings. The fourth-order valence-corrected chi connectivity index (χ4v) is 3.27. The standard InChI is InChI=1S/C17H25BrFN3O.HI/c1-20-16(21-11-13-10-14(18)4-5-15(13)19)22-12-17(6-3-7-17)8-9-23-2;/h4-5,10H,3,6-9,11-12H2,1-2H3,(H2,20,21,22);1H. The molecule has 4 nitrogen and oxygen atoms in total. The third kappa shape index (κ3) is 6.15. The highest BCUT2D eigenvalue weighted by Crippen LogP contribution is 2.43. The van der Waals surface area contributed by atoms with Crippen molar-refractivity contribution in [3.8, 4) is 0 Å². The lowest BCUT2D eigenvalue weighted by atomic mass is 9.67. The molecule has 1 aliphatic rings. The van der Waals surface area contributed by atoms with E-state index in [9.17, 15) is 4.39 Å². The van der Waals surface area contributed by atoms with E-state index < -0.39 is 0 Å². The van der Waals surface area contributed by atoms with E-state index in [0.717, 1.165) is 24.0 Å². The third-order valence-corrected chi connectivity index (χ3v) is 5.05. The number of aliphatic imine (C=N–C) groups is 1. The number of benzene rings is 1. The maximum Gasteiger partial charge on any atom is 0.191 e. The lowest BCUT2D eigenvalue weighted by Gasteiger charge is -2.42. The molecule has 0 heterocycles. The van der Waals surface area contributed by atoms with Gasteiger partial charge in [-0.3, -0.25) is 4.99 Å². The Bertz CT molecular complexity index is 553. The van der Waals surface area contributed by atoms with Gasteiger partial charge < -0.3 is 15.4 Å². The summed E-state index contributed by atoms with van der Waals surface area (Å²) in [5.41, 5.74) is 0.925. The number of hydrogen-bond acceptors (Lipinski definition) is 2. The fourth-order valence-electron chi connectivity index (χ4n) is 2.86. The van der Waals surface area contributed by atoms with E-state index in [1.54, 1.807) is 26.3 Å². The maximum absolute atomic E-state index is 13.8. The van der Waals surface area contributed by atoms with Crippen molar-refractivity contribution < 1.29 is 9.13 Å². The Balaban J connectivity index is 0.00000288. The summed E-state index contributed by atoms with van der Waals surface area (Å²) in [6.07, 6.45) is 4.79. The number of hydrogen-bond donors (Lipinski definition) is 2. The van der Waals surface area contributed by atoms with Crippen molar-refractivity contribution in [3.05, 3.63) is 34.1 Å². The molecular weight excluding hydrogens is 488 g/mol. The smallest absolute Gasteiger partial charge is 0.191 e. The van der Waals surface area contributed by atoms with Gasteiger partial charge in [-0.1, -0.05) is 22.4 Å². The molecule has 0 atom stereocenters. The van der Waals surface area contributed by atoms with Gasteiger partial charge in [-0.25, -0.2) is 4.39 Å². The third-order valence-electron chi connectivity index (χ3n) is 4.56. The molecule has 0 unspecified atom stereocenters. The zero-order valence-corrected chi connectivity index (χ0v) is 18.1. The van der Waals surface area contributed by atoms with Gasteiger partial charge in [0, 0.05) is 43.9 Å². The summed E-state index contributed by atoms with van der Waals surface area (Å²) in [7, 11) is 3.47. The molecule has 0 spiro atoms. The molecule has 0 aromatic heterocycles. The Hall–Kier alpha value is -0.410. The average molecular weight is 514 g/mol. The van der Waals surface area contributed by atoms with Crippen molar-refractivity contribution in [2.24, 2.45) is 10.4 Å². The molecule has 136 valence electrons. The molecule has 1 fully saturated rings. The van der Waals surface area contributed by atoms with E-state index in [-0.39, 0.29) is 29.8 Å². The van der Waals surface area contributed by atoms with Gasteiger partial charge in [-0.2, -0.15) is 0 Å². The number of halogens is 3. The molecular formula is C17H26BrFIN3O. The lowest BCUT2D eigenvalue weighted by Crippen LogP contribution is -2.46. The van der Waals surface area contributed by atoms with Crippen LogP contribution in [0, 0.1) is 11.2 Å². The monoisotopic (exact) mass is 513 g/mol. The summed E-state index contributed by atoms with van der Waals surface area (Å²) in [6, 6.07) is 4.94. The number of nitrogens with zero attached hydrogens (tertiary/aromatic N) is 1. The number of ether oxygens (including phenoxy) is 1. The molecule has 1 aliphatic carbocycles. The van der Waals surface area contributed by atoms with Crippen molar-refractivity contribution >= 4 is 45.9 Å². The molecule has 0 bridgehead atoms. The van der Waals surface area contributed by atoms with Gasteiger partial charge in [0.1, 0.15) is 5.82 Å². The minimum Gasteiger partial charge on any atom is -0.385 e. The number of methoxy groups -OCH3 is 1. The maximum atomic E-state index is 13.8. The van der Waals surface area contributed by atoms with Crippen LogP contribution < -0.4 is 10.6 Å². The Kier molecular flexibility index (Phi) is 9.51. The zero-order valence-electron chi connectivity index (χ0n) is 14.2. The van der Waals surface area contributed by atoms with Crippen LogP contribution in [0.15, 0.2) is 27.7 Å². The van der Waals surface area contributed by atoms with E-state index in [4.69, 9.17) is 4.74 Å². The second-order valence-electron chi connectivity index (χ2n) is 6.11. The Morgan fingerprint density at radius 3 is 2.71 bits per heavy atom. The topological polar surface area (TPSA) is 45.7 Å². The number of rotatable bonds is 7. The molecule has 7 heteroatoms. The summed E-state index contributed by atoms with van der Waals surface area (Å²) in [5.74, 6) is 0.486. The van der Waals surface area contributed by atoms with Crippen LogP contribution in [-0.2, 0) is 11.3 Å². The van der Waals surface area contributed by atoms with Crippen LogP contribution in [0.25, 0.3) is 0 Å². The predicted octanol–water partition coefficient (Wildman–Crippen LogP) is 4.08. The van der Waals surface area contributed by atoms with E-state index in [2.05, 4.69) is 31.6 Å². The quantitative estimate of drug-likeness (QED) is 0.328. The normalized spacial score (nSPS) is 16.1. The minimum absolute atomic E-state index is 0. The molecule has 0 saturated heterocycles. The van der Waals surface area contributed by atoms with Crippen molar-refractivity contribution in [2.75, 3.05) is 27.3 Å². The Morgan fingerprint density at radius 1 is 1.38 bits per heavy atom. The summed E-state index contributed by atoms with van der Waals surface area (Å²) in [6.45, 7) is 2.06. The van der Waals surface area contributed by atoms with Gasteiger partial charge >= 0.3 is 0 Å². The molecule has 1 aromatic carbocycles. The predicted molar refractivity (Wildman–Crippen MR) is 110 cm³/mol. The molecule has 1 saturated carbocycles. The van der Waals surface area contributed by atoms with Gasteiger partial charge in [-0.05, 0) is 42.9 Å². The van der Waals surface area contributed by atoms with Crippen molar-refractivity contribution in [2.45, 2.75) is 32.2 Å². The van der Waals surface area contributed by atoms with E-state index in [0.29, 0.717) is 23.5 Å². The first kappa shape index (κ1) is 21.6. The Morgan fingerprint density at radius 2 is 2.12 bits per heavy atom. The Labute approximate surface area is 169 Å². The molecule has 0 aliphatic heterocycles. The average Bonchev–Trinajstić information content (AvgIpc) is 2.51. The first-order chi connectivity index (χ1) is 11.1. The van der Waals surface area contributed by atoms with Gasteiger partial charge in [-0.15, -0.1) is 24.0 Å². The highest BCUT2D eigenvalue weighted by atomic mass is 127. The van der Waals surface area contributed by atoms with Crippen molar-refractivity contribution in [3.63, 3.8) is 0 Å². The van der Waals surface area contributed by atoms with Gasteiger partial charge in [0.05, 0.1) is 0 Å². The van der Waals surface area contributed by atoms with Crippen LogP contribution in [-0.4, -0.2) is 33.3 Å². The lowest BCUT2D eigenvalue weighted by molar-refractivity contribution is 0.0732. The van der Waals surface area contributed by atoms with Crippen LogP contribution in [0.4, 0.5) is 4.39 Å². The summed E-state index contributed by atoms with van der Waals surface area (Å²) in [4.78, 5) is 4.23. The molecule has 0 radical (unpaired) electrons. The second kappa shape index (κ2) is 10.6. The SMILES string of the molecule is CN=C(NCc1cc(Br)ccc1F)NCC1(CCOC)CCC1.I. The van der Waals surface area contributed by atoms with Crippen LogP contribution >= 0.6 is 39.9 Å². The van der Waals surface area contributed by atoms with Crippen LogP contribution in [0.3, 0.4) is 0 Å². The molecule has 24 heavy (non-hydrogen) atoms. The van der Waals surface area contributed by atoms with Crippen LogP contribution in [0.1, 0.15) is 31.2 Å². The molecule has 2 N–H and O–H groups in total. The van der Waals surface area contributed by atoms with Crippen LogP contribution in [0.5, 0.6) is 0 Å². The number of nitrogens with one attached hydrogen (secondary N) is 2. The largest absolute Gasteiger partial charge is 0.385 e. The highest BCUT2D eigenvalue weighted by Gasteiger charge is 2.36. The van der Waals surface area contributed by atoms with E-state index in [1.807, 2.05) is 0 Å². The fraction of sp³-hybridized carbons (Fsp3) is 0.588. The van der Waals surface area contributed by atoms with Crippen LogP contribution in [0.2, 0.25) is 0 Å². The van der Waals surface area contributed by atoms with Gasteiger partial charge in [0.25, 0.3) is 0 Å². The molecule has 0 amide bonds. The molecule has 2 rings (SSSR count). The van der Waals surface area contributed by atoms with Gasteiger partial charge in [0.15, 0.2) is 5.96 Å². The summed E-state index contributed by atoms with van der Waals surface area (Å²) >= 11 is 3.37. The first-order valence-corrected chi connectivity index (χ1v) is 8.75. The van der Waals surface area contributed by atoms with Crippen molar-refractivity contribution in [1.82, 2.24) is 10.6 Å². The summed E-state index contributed by atoms with van der Waals surface area (Å²) in [5, 5.41) is 6.55. The summed E-state index contributed by atoms with van der Waals surface area (Å²) < 4.78 is 19.9. The van der Waals surface area contributed by atoms with Crippen molar-refractivity contribution in [1.29, 1.82) is 0 Å². The minimum atomic E-state index is -0.216. The highest BCUT2D eigenvalue weighted by molar-refractivity contribution is 14.0. The van der Waals surface area contributed by atoms with E-state index >= 15 is 0 Å². The zero-order chi connectivity index (χ0) is 16.7. The van der Waals surface area contributed by atoms with E-state index in [1.165, 1.54) is 25.3 Å².